The minimum atomic E-state index is -0.545. The Morgan fingerprint density at radius 2 is 1.97 bits per heavy atom. The van der Waals surface area contributed by atoms with E-state index in [0.29, 0.717) is 10.7 Å². The van der Waals surface area contributed by atoms with E-state index in [4.69, 9.17) is 0 Å². The molecule has 1 aromatic heterocycles. The molecule has 0 spiro atoms. The predicted molar refractivity (Wildman–Crippen MR) is 114 cm³/mol. The van der Waals surface area contributed by atoms with Crippen LogP contribution in [0.15, 0.2) is 61.3 Å². The molecule has 148 valence electrons. The van der Waals surface area contributed by atoms with Gasteiger partial charge < -0.3 is 10.6 Å². The first-order valence-corrected chi connectivity index (χ1v) is 9.87. The van der Waals surface area contributed by atoms with Gasteiger partial charge in [0.15, 0.2) is 5.13 Å². The maximum atomic E-state index is 14.3. The molecule has 7 heteroatoms. The average Bonchev–Trinajstić information content (AvgIpc) is 3.17. The van der Waals surface area contributed by atoms with Gasteiger partial charge in [-0.1, -0.05) is 43.8 Å². The van der Waals surface area contributed by atoms with Crippen LogP contribution in [0.5, 0.6) is 0 Å². The van der Waals surface area contributed by atoms with E-state index in [2.05, 4.69) is 22.2 Å². The first-order chi connectivity index (χ1) is 14.0. The number of carbonyl (C=O) groups is 2. The van der Waals surface area contributed by atoms with Crippen molar-refractivity contribution in [3.63, 3.8) is 0 Å². The zero-order chi connectivity index (χ0) is 20.8. The van der Waals surface area contributed by atoms with Crippen LogP contribution in [-0.2, 0) is 22.4 Å². The number of anilines is 2. The van der Waals surface area contributed by atoms with Crippen molar-refractivity contribution in [2.45, 2.75) is 19.8 Å². The second kappa shape index (κ2) is 9.25. The number of amides is 2. The summed E-state index contributed by atoms with van der Waals surface area (Å²) in [5, 5.41) is 5.81. The molecule has 5 nitrogen and oxygen atoms in total. The molecule has 0 aliphatic carbocycles. The minimum Gasteiger partial charge on any atom is -0.320 e. The molecular formula is C22H20FN3O2S. The number of hydrogen-bond acceptors (Lipinski definition) is 4. The van der Waals surface area contributed by atoms with Crippen molar-refractivity contribution in [1.82, 2.24) is 4.98 Å². The molecule has 29 heavy (non-hydrogen) atoms. The summed E-state index contributed by atoms with van der Waals surface area (Å²) < 4.78 is 14.3. The maximum absolute atomic E-state index is 14.3. The van der Waals surface area contributed by atoms with E-state index < -0.39 is 11.7 Å². The van der Waals surface area contributed by atoms with Crippen LogP contribution >= 0.6 is 11.3 Å². The highest BCUT2D eigenvalue weighted by atomic mass is 32.1. The molecule has 0 unspecified atom stereocenters. The van der Waals surface area contributed by atoms with Crippen molar-refractivity contribution >= 4 is 34.0 Å². The lowest BCUT2D eigenvalue weighted by Gasteiger charge is -2.09. The second-order valence-electron chi connectivity index (χ2n) is 6.30. The van der Waals surface area contributed by atoms with E-state index >= 15 is 0 Å². The zero-order valence-corrected chi connectivity index (χ0v) is 16.7. The third-order valence-electron chi connectivity index (χ3n) is 4.19. The van der Waals surface area contributed by atoms with Gasteiger partial charge in [0.2, 0.25) is 11.8 Å². The van der Waals surface area contributed by atoms with Crippen LogP contribution in [0.3, 0.4) is 0 Å². The summed E-state index contributed by atoms with van der Waals surface area (Å²) >= 11 is 1.46. The minimum absolute atomic E-state index is 0.0871. The number of rotatable bonds is 7. The van der Waals surface area contributed by atoms with E-state index in [1.807, 2.05) is 31.2 Å². The van der Waals surface area contributed by atoms with Crippen molar-refractivity contribution < 1.29 is 14.0 Å². The molecule has 0 atom stereocenters. The highest BCUT2D eigenvalue weighted by Crippen LogP contribution is 2.25. The van der Waals surface area contributed by atoms with Gasteiger partial charge in [-0.05, 0) is 41.3 Å². The summed E-state index contributed by atoms with van der Waals surface area (Å²) in [5.74, 6) is -1.18. The molecule has 0 radical (unpaired) electrons. The molecule has 2 N–H and O–H groups in total. The van der Waals surface area contributed by atoms with E-state index in [9.17, 15) is 14.0 Å². The molecule has 3 aromatic rings. The first kappa shape index (κ1) is 20.4. The molecule has 1 heterocycles. The van der Waals surface area contributed by atoms with Gasteiger partial charge in [-0.25, -0.2) is 9.37 Å². The Morgan fingerprint density at radius 1 is 1.17 bits per heavy atom. The van der Waals surface area contributed by atoms with Crippen molar-refractivity contribution in [1.29, 1.82) is 0 Å². The van der Waals surface area contributed by atoms with Crippen LogP contribution < -0.4 is 10.6 Å². The fourth-order valence-corrected chi connectivity index (χ4v) is 3.49. The number of hydrogen-bond donors (Lipinski definition) is 2. The van der Waals surface area contributed by atoms with Gasteiger partial charge in [0.1, 0.15) is 5.82 Å². The Hall–Kier alpha value is -3.32. The number of carbonyl (C=O) groups excluding carboxylic acids is 2. The summed E-state index contributed by atoms with van der Waals surface area (Å²) in [7, 11) is 0. The SMILES string of the molecule is C=CC(=O)Nc1ccc(-c2cccc(CC(=O)Nc3ncc(CC)s3)c2)cc1F. The molecular weight excluding hydrogens is 389 g/mol. The van der Waals surface area contributed by atoms with E-state index in [1.54, 1.807) is 12.3 Å². The van der Waals surface area contributed by atoms with Gasteiger partial charge in [0.25, 0.3) is 0 Å². The fraction of sp³-hybridized carbons (Fsp3) is 0.136. The predicted octanol–water partition coefficient (Wildman–Crippen LogP) is 4.82. The number of nitrogens with one attached hydrogen (secondary N) is 2. The third-order valence-corrected chi connectivity index (χ3v) is 5.24. The summed E-state index contributed by atoms with van der Waals surface area (Å²) in [6, 6.07) is 11.9. The molecule has 0 saturated carbocycles. The van der Waals surface area contributed by atoms with Crippen molar-refractivity contribution in [2.75, 3.05) is 10.6 Å². The Balaban J connectivity index is 1.71. The molecule has 0 bridgehead atoms. The number of thiazole rings is 1. The third kappa shape index (κ3) is 5.36. The number of aromatic nitrogens is 1. The molecule has 2 aromatic carbocycles. The topological polar surface area (TPSA) is 71.1 Å². The van der Waals surface area contributed by atoms with Gasteiger partial charge >= 0.3 is 0 Å². The Morgan fingerprint density at radius 3 is 2.66 bits per heavy atom. The summed E-state index contributed by atoms with van der Waals surface area (Å²) in [4.78, 5) is 28.9. The highest BCUT2D eigenvalue weighted by Gasteiger charge is 2.10. The van der Waals surface area contributed by atoms with Gasteiger partial charge in [-0.2, -0.15) is 0 Å². The number of benzene rings is 2. The monoisotopic (exact) mass is 409 g/mol. The first-order valence-electron chi connectivity index (χ1n) is 9.05. The van der Waals surface area contributed by atoms with E-state index in [1.165, 1.54) is 23.5 Å². The lowest BCUT2D eigenvalue weighted by atomic mass is 10.0. The smallest absolute Gasteiger partial charge is 0.247 e. The van der Waals surface area contributed by atoms with Crippen LogP contribution in [0, 0.1) is 5.82 Å². The van der Waals surface area contributed by atoms with Crippen molar-refractivity contribution in [2.24, 2.45) is 0 Å². The summed E-state index contributed by atoms with van der Waals surface area (Å²) in [5.41, 5.74) is 2.31. The van der Waals surface area contributed by atoms with E-state index in [-0.39, 0.29) is 18.0 Å². The standard InChI is InChI=1S/C22H20FN3O2S/c1-3-17-13-24-22(29-17)26-21(28)11-14-6-5-7-15(10-14)16-8-9-19(18(23)12-16)25-20(27)4-2/h4-10,12-13H,2-3,11H2,1H3,(H,25,27)(H,24,26,28). The molecule has 0 aliphatic rings. The zero-order valence-electron chi connectivity index (χ0n) is 15.9. The van der Waals surface area contributed by atoms with Crippen LogP contribution in [0.1, 0.15) is 17.4 Å². The largest absolute Gasteiger partial charge is 0.320 e. The van der Waals surface area contributed by atoms with Gasteiger partial charge in [-0.15, -0.1) is 11.3 Å². The maximum Gasteiger partial charge on any atom is 0.247 e. The quantitative estimate of drug-likeness (QED) is 0.550. The van der Waals surface area contributed by atoms with Gasteiger partial charge in [-0.3, -0.25) is 9.59 Å². The molecule has 0 saturated heterocycles. The number of halogens is 1. The molecule has 2 amide bonds. The number of nitrogens with zero attached hydrogens (tertiary/aromatic N) is 1. The lowest BCUT2D eigenvalue weighted by molar-refractivity contribution is -0.115. The van der Waals surface area contributed by atoms with E-state index in [0.717, 1.165) is 28.5 Å². The lowest BCUT2D eigenvalue weighted by Crippen LogP contribution is -2.14. The van der Waals surface area contributed by atoms with Gasteiger partial charge in [0.05, 0.1) is 12.1 Å². The van der Waals surface area contributed by atoms with Crippen molar-refractivity contribution in [3.8, 4) is 11.1 Å². The van der Waals surface area contributed by atoms with Crippen LogP contribution in [0.4, 0.5) is 15.2 Å². The summed E-state index contributed by atoms with van der Waals surface area (Å²) in [6.45, 7) is 5.38. The van der Waals surface area contributed by atoms with Crippen LogP contribution in [-0.4, -0.2) is 16.8 Å². The normalized spacial score (nSPS) is 10.4. The average molecular weight is 409 g/mol. The Bertz CT molecular complexity index is 1060. The Labute approximate surface area is 172 Å². The molecule has 3 rings (SSSR count). The van der Waals surface area contributed by atoms with Crippen LogP contribution in [0.25, 0.3) is 11.1 Å². The van der Waals surface area contributed by atoms with Crippen LogP contribution in [0.2, 0.25) is 0 Å². The Kier molecular flexibility index (Phi) is 6.51. The highest BCUT2D eigenvalue weighted by molar-refractivity contribution is 7.15. The summed E-state index contributed by atoms with van der Waals surface area (Å²) in [6.07, 6.45) is 3.90. The van der Waals surface area contributed by atoms with Crippen molar-refractivity contribution in [3.05, 3.63) is 77.6 Å². The fourth-order valence-electron chi connectivity index (χ4n) is 2.72. The molecule has 0 fully saturated rings. The molecule has 0 aliphatic heterocycles. The van der Waals surface area contributed by atoms with Gasteiger partial charge in [0, 0.05) is 11.1 Å². The second-order valence-corrected chi connectivity index (χ2v) is 7.41. The number of aryl methyl sites for hydroxylation is 1.